The van der Waals surface area contributed by atoms with E-state index in [0.717, 1.165) is 29.5 Å². The quantitative estimate of drug-likeness (QED) is 0.658. The SMILES string of the molecule is Cc1cc([N+](=O)[O-])cc(C(N)C2CCCC2)c1C. The molecule has 0 radical (unpaired) electrons. The Morgan fingerprint density at radius 2 is 1.94 bits per heavy atom. The fourth-order valence-electron chi connectivity index (χ4n) is 2.89. The fraction of sp³-hybridized carbons (Fsp3) is 0.571. The van der Waals surface area contributed by atoms with Gasteiger partial charge in [0.25, 0.3) is 5.69 Å². The maximum atomic E-state index is 10.9. The average Bonchev–Trinajstić information content (AvgIpc) is 2.85. The summed E-state index contributed by atoms with van der Waals surface area (Å²) in [5.41, 5.74) is 9.47. The molecule has 0 aliphatic heterocycles. The lowest BCUT2D eigenvalue weighted by Crippen LogP contribution is -2.20. The van der Waals surface area contributed by atoms with Gasteiger partial charge >= 0.3 is 0 Å². The maximum absolute atomic E-state index is 10.9. The third kappa shape index (κ3) is 2.38. The highest BCUT2D eigenvalue weighted by Crippen LogP contribution is 2.37. The monoisotopic (exact) mass is 248 g/mol. The highest BCUT2D eigenvalue weighted by atomic mass is 16.6. The third-order valence-corrected chi connectivity index (χ3v) is 4.17. The summed E-state index contributed by atoms with van der Waals surface area (Å²) < 4.78 is 0. The topological polar surface area (TPSA) is 69.2 Å². The molecule has 0 aromatic heterocycles. The molecule has 2 rings (SSSR count). The molecule has 1 aliphatic rings. The molecule has 0 spiro atoms. The summed E-state index contributed by atoms with van der Waals surface area (Å²) in [7, 11) is 0. The summed E-state index contributed by atoms with van der Waals surface area (Å²) in [6.45, 7) is 3.91. The van der Waals surface area contributed by atoms with Crippen molar-refractivity contribution in [2.24, 2.45) is 11.7 Å². The average molecular weight is 248 g/mol. The van der Waals surface area contributed by atoms with Crippen LogP contribution >= 0.6 is 0 Å². The van der Waals surface area contributed by atoms with Crippen molar-refractivity contribution < 1.29 is 4.92 Å². The van der Waals surface area contributed by atoms with Crippen LogP contribution in [0.25, 0.3) is 0 Å². The largest absolute Gasteiger partial charge is 0.324 e. The number of nitro benzene ring substituents is 1. The lowest BCUT2D eigenvalue weighted by Gasteiger charge is -2.22. The van der Waals surface area contributed by atoms with E-state index in [1.165, 1.54) is 12.8 Å². The molecule has 0 amide bonds. The number of non-ortho nitro benzene ring substituents is 1. The summed E-state index contributed by atoms with van der Waals surface area (Å²) in [4.78, 5) is 10.6. The van der Waals surface area contributed by atoms with Crippen LogP contribution in [0.5, 0.6) is 0 Å². The van der Waals surface area contributed by atoms with E-state index in [9.17, 15) is 10.1 Å². The maximum Gasteiger partial charge on any atom is 0.270 e. The van der Waals surface area contributed by atoms with Crippen molar-refractivity contribution in [3.8, 4) is 0 Å². The second-order valence-corrected chi connectivity index (χ2v) is 5.30. The molecule has 1 aromatic carbocycles. The van der Waals surface area contributed by atoms with Gasteiger partial charge in [0.1, 0.15) is 0 Å². The van der Waals surface area contributed by atoms with E-state index in [2.05, 4.69) is 0 Å². The molecule has 0 heterocycles. The van der Waals surface area contributed by atoms with Gasteiger partial charge in [0.05, 0.1) is 4.92 Å². The predicted molar refractivity (Wildman–Crippen MR) is 71.5 cm³/mol. The normalized spacial score (nSPS) is 17.9. The molecule has 1 fully saturated rings. The number of nitro groups is 1. The molecule has 0 bridgehead atoms. The van der Waals surface area contributed by atoms with Gasteiger partial charge in [-0.2, -0.15) is 0 Å². The minimum atomic E-state index is -0.336. The Kier molecular flexibility index (Phi) is 3.66. The molecule has 0 saturated heterocycles. The van der Waals surface area contributed by atoms with Crippen LogP contribution in [-0.2, 0) is 0 Å². The zero-order valence-corrected chi connectivity index (χ0v) is 11.0. The van der Waals surface area contributed by atoms with Crippen LogP contribution in [-0.4, -0.2) is 4.92 Å². The second-order valence-electron chi connectivity index (χ2n) is 5.30. The number of benzene rings is 1. The first-order valence-corrected chi connectivity index (χ1v) is 6.52. The third-order valence-electron chi connectivity index (χ3n) is 4.17. The Hall–Kier alpha value is -1.42. The molecule has 2 N–H and O–H groups in total. The van der Waals surface area contributed by atoms with Gasteiger partial charge < -0.3 is 5.73 Å². The molecule has 1 atom stereocenters. The van der Waals surface area contributed by atoms with Crippen molar-refractivity contribution in [1.29, 1.82) is 0 Å². The Morgan fingerprint density at radius 3 is 2.50 bits per heavy atom. The van der Waals surface area contributed by atoms with E-state index < -0.39 is 0 Å². The summed E-state index contributed by atoms with van der Waals surface area (Å²) in [5, 5.41) is 10.9. The van der Waals surface area contributed by atoms with Crippen LogP contribution in [0.2, 0.25) is 0 Å². The van der Waals surface area contributed by atoms with Crippen molar-refractivity contribution in [1.82, 2.24) is 0 Å². The van der Waals surface area contributed by atoms with Gasteiger partial charge in [-0.25, -0.2) is 0 Å². The van der Waals surface area contributed by atoms with Crippen LogP contribution in [0.3, 0.4) is 0 Å². The Morgan fingerprint density at radius 1 is 1.33 bits per heavy atom. The lowest BCUT2D eigenvalue weighted by molar-refractivity contribution is -0.385. The van der Waals surface area contributed by atoms with Crippen molar-refractivity contribution >= 4 is 5.69 Å². The Bertz CT molecular complexity index is 465. The van der Waals surface area contributed by atoms with Crippen LogP contribution < -0.4 is 5.73 Å². The number of hydrogen-bond acceptors (Lipinski definition) is 3. The van der Waals surface area contributed by atoms with Crippen molar-refractivity contribution in [3.63, 3.8) is 0 Å². The lowest BCUT2D eigenvalue weighted by atomic mass is 9.88. The van der Waals surface area contributed by atoms with E-state index in [0.29, 0.717) is 5.92 Å². The van der Waals surface area contributed by atoms with Crippen LogP contribution in [0.15, 0.2) is 12.1 Å². The second kappa shape index (κ2) is 5.06. The first-order chi connectivity index (χ1) is 8.50. The van der Waals surface area contributed by atoms with Gasteiger partial charge in [-0.1, -0.05) is 12.8 Å². The van der Waals surface area contributed by atoms with Crippen LogP contribution in [0.4, 0.5) is 5.69 Å². The van der Waals surface area contributed by atoms with Gasteiger partial charge in [-0.3, -0.25) is 10.1 Å². The zero-order chi connectivity index (χ0) is 13.3. The molecule has 1 saturated carbocycles. The van der Waals surface area contributed by atoms with Gasteiger partial charge in [-0.15, -0.1) is 0 Å². The first kappa shape index (κ1) is 13.0. The van der Waals surface area contributed by atoms with E-state index in [1.54, 1.807) is 12.1 Å². The van der Waals surface area contributed by atoms with E-state index in [-0.39, 0.29) is 16.7 Å². The minimum absolute atomic E-state index is 0.0638. The summed E-state index contributed by atoms with van der Waals surface area (Å²) >= 11 is 0. The van der Waals surface area contributed by atoms with Gasteiger partial charge in [0, 0.05) is 18.2 Å². The van der Waals surface area contributed by atoms with Crippen molar-refractivity contribution in [3.05, 3.63) is 38.9 Å². The number of nitrogens with two attached hydrogens (primary N) is 1. The van der Waals surface area contributed by atoms with E-state index in [4.69, 9.17) is 5.73 Å². The molecule has 18 heavy (non-hydrogen) atoms. The zero-order valence-electron chi connectivity index (χ0n) is 11.0. The molecular formula is C14H20N2O2. The van der Waals surface area contributed by atoms with Crippen molar-refractivity contribution in [2.45, 2.75) is 45.6 Å². The Balaban J connectivity index is 2.38. The van der Waals surface area contributed by atoms with Crippen LogP contribution in [0.1, 0.15) is 48.4 Å². The van der Waals surface area contributed by atoms with E-state index in [1.807, 2.05) is 13.8 Å². The summed E-state index contributed by atoms with van der Waals surface area (Å²) in [6.07, 6.45) is 4.74. The highest BCUT2D eigenvalue weighted by molar-refractivity contribution is 5.46. The minimum Gasteiger partial charge on any atom is -0.324 e. The summed E-state index contributed by atoms with van der Waals surface area (Å²) in [5.74, 6) is 0.477. The smallest absolute Gasteiger partial charge is 0.270 e. The number of hydrogen-bond donors (Lipinski definition) is 1. The van der Waals surface area contributed by atoms with Gasteiger partial charge in [-0.05, 0) is 49.3 Å². The molecule has 1 aliphatic carbocycles. The highest BCUT2D eigenvalue weighted by Gasteiger charge is 2.26. The first-order valence-electron chi connectivity index (χ1n) is 6.52. The van der Waals surface area contributed by atoms with Crippen LogP contribution in [0, 0.1) is 29.9 Å². The number of rotatable bonds is 3. The number of nitrogens with zero attached hydrogens (tertiary/aromatic N) is 1. The van der Waals surface area contributed by atoms with Gasteiger partial charge in [0.2, 0.25) is 0 Å². The molecule has 4 heteroatoms. The Labute approximate surface area is 107 Å². The summed E-state index contributed by atoms with van der Waals surface area (Å²) in [6, 6.07) is 3.22. The molecule has 4 nitrogen and oxygen atoms in total. The van der Waals surface area contributed by atoms with E-state index >= 15 is 0 Å². The number of aryl methyl sites for hydroxylation is 1. The molecule has 1 aromatic rings. The molecule has 98 valence electrons. The van der Waals surface area contributed by atoms with Gasteiger partial charge in [0.15, 0.2) is 0 Å². The molecular weight excluding hydrogens is 228 g/mol. The van der Waals surface area contributed by atoms with Crippen molar-refractivity contribution in [2.75, 3.05) is 0 Å². The standard InChI is InChI=1S/C14H20N2O2/c1-9-7-12(16(17)18)8-13(10(9)2)14(15)11-5-3-4-6-11/h7-8,11,14H,3-6,15H2,1-2H3. The predicted octanol–water partition coefficient (Wildman–Crippen LogP) is 3.40. The fourth-order valence-corrected chi connectivity index (χ4v) is 2.89. The molecule has 1 unspecified atom stereocenters.